The standard InChI is InChI=1S/C25H18F2N2O3S2/c26-11-3-1-10(2-4-11)16-17-14-9-15(20(17)33-22-21(16)34-25(32)28-22)19-18(14)23(30)29(24(19)31)13-7-5-12(27)6-8-13/h1-8,14-20H,9H2,(H,28,32)/t14-,15-,16-,17-,18+,19-,20-/m1/s1. The third-order valence-electron chi connectivity index (χ3n) is 8.04. The van der Waals surface area contributed by atoms with Crippen LogP contribution in [0, 0.1) is 41.2 Å². The number of nitrogens with one attached hydrogen (secondary N) is 1. The molecule has 3 heterocycles. The first-order valence-corrected chi connectivity index (χ1v) is 12.9. The number of fused-ring (bicyclic) bond motifs is 9. The lowest BCUT2D eigenvalue weighted by Gasteiger charge is -2.43. The maximum Gasteiger partial charge on any atom is 0.305 e. The van der Waals surface area contributed by atoms with E-state index in [9.17, 15) is 23.2 Å². The Morgan fingerprint density at radius 3 is 2.15 bits per heavy atom. The van der Waals surface area contributed by atoms with E-state index < -0.39 is 17.7 Å². The number of thioether (sulfide) groups is 1. The molecule has 2 aliphatic heterocycles. The minimum Gasteiger partial charge on any atom is -0.307 e. The van der Waals surface area contributed by atoms with Crippen LogP contribution in [0.25, 0.3) is 0 Å². The van der Waals surface area contributed by atoms with Crippen LogP contribution in [0.3, 0.4) is 0 Å². The number of thiazole rings is 1. The highest BCUT2D eigenvalue weighted by Crippen LogP contribution is 2.68. The monoisotopic (exact) mass is 496 g/mol. The summed E-state index contributed by atoms with van der Waals surface area (Å²) in [6, 6.07) is 11.8. The number of carbonyl (C=O) groups excluding carboxylic acids is 2. The van der Waals surface area contributed by atoms with Crippen LogP contribution in [0.15, 0.2) is 58.4 Å². The molecule has 4 aliphatic rings. The summed E-state index contributed by atoms with van der Waals surface area (Å²) in [4.78, 5) is 44.3. The fraction of sp³-hybridized carbons (Fsp3) is 0.320. The number of nitrogens with zero attached hydrogens (tertiary/aromatic N) is 1. The molecule has 0 radical (unpaired) electrons. The molecule has 1 saturated heterocycles. The second-order valence-corrected chi connectivity index (χ2v) is 11.7. The highest BCUT2D eigenvalue weighted by Gasteiger charge is 2.69. The zero-order chi connectivity index (χ0) is 23.3. The van der Waals surface area contributed by atoms with Gasteiger partial charge in [0.05, 0.1) is 22.5 Å². The molecule has 2 saturated carbocycles. The number of benzene rings is 2. The molecule has 1 N–H and O–H groups in total. The molecule has 2 bridgehead atoms. The number of carbonyl (C=O) groups is 2. The van der Waals surface area contributed by atoms with Gasteiger partial charge in [-0.25, -0.2) is 8.78 Å². The normalized spacial score (nSPS) is 33.2. The van der Waals surface area contributed by atoms with Crippen LogP contribution in [-0.2, 0) is 9.59 Å². The molecule has 9 heteroatoms. The Bertz CT molecular complexity index is 1400. The van der Waals surface area contributed by atoms with E-state index in [4.69, 9.17) is 0 Å². The van der Waals surface area contributed by atoms with Gasteiger partial charge in [-0.3, -0.25) is 19.3 Å². The van der Waals surface area contributed by atoms with E-state index in [0.29, 0.717) is 5.69 Å². The van der Waals surface area contributed by atoms with Gasteiger partial charge >= 0.3 is 4.87 Å². The van der Waals surface area contributed by atoms with E-state index in [2.05, 4.69) is 4.98 Å². The van der Waals surface area contributed by atoms with Crippen molar-refractivity contribution in [2.24, 2.45) is 29.6 Å². The van der Waals surface area contributed by atoms with Gasteiger partial charge in [-0.1, -0.05) is 23.5 Å². The molecule has 0 unspecified atom stereocenters. The Morgan fingerprint density at radius 1 is 0.853 bits per heavy atom. The molecule has 3 aromatic rings. The lowest BCUT2D eigenvalue weighted by molar-refractivity contribution is -0.123. The van der Waals surface area contributed by atoms with Crippen molar-refractivity contribution in [2.45, 2.75) is 22.6 Å². The van der Waals surface area contributed by atoms with Crippen molar-refractivity contribution in [2.75, 3.05) is 4.90 Å². The summed E-state index contributed by atoms with van der Waals surface area (Å²) in [5, 5.41) is 0.894. The van der Waals surface area contributed by atoms with Crippen LogP contribution in [0.1, 0.15) is 22.8 Å². The number of anilines is 1. The van der Waals surface area contributed by atoms with Crippen LogP contribution >= 0.6 is 23.1 Å². The number of amides is 2. The summed E-state index contributed by atoms with van der Waals surface area (Å²) in [5.74, 6) is -2.10. The number of aromatic nitrogens is 1. The largest absolute Gasteiger partial charge is 0.307 e. The maximum atomic E-state index is 13.7. The van der Waals surface area contributed by atoms with Crippen molar-refractivity contribution in [3.63, 3.8) is 0 Å². The number of rotatable bonds is 2. The minimum atomic E-state index is -0.426. The van der Waals surface area contributed by atoms with Crippen LogP contribution in [0.5, 0.6) is 0 Å². The average Bonchev–Trinajstić information content (AvgIpc) is 3.54. The van der Waals surface area contributed by atoms with E-state index in [0.717, 1.165) is 21.9 Å². The molecule has 0 spiro atoms. The Morgan fingerprint density at radius 2 is 1.47 bits per heavy atom. The lowest BCUT2D eigenvalue weighted by atomic mass is 9.68. The van der Waals surface area contributed by atoms with Crippen LogP contribution < -0.4 is 9.77 Å². The molecule has 2 amide bonds. The quantitative estimate of drug-likeness (QED) is 0.535. The molecule has 7 rings (SSSR count). The van der Waals surface area contributed by atoms with Gasteiger partial charge < -0.3 is 4.98 Å². The molecule has 7 atom stereocenters. The molecule has 3 fully saturated rings. The van der Waals surface area contributed by atoms with Crippen molar-refractivity contribution in [3.05, 3.63) is 80.3 Å². The summed E-state index contributed by atoms with van der Waals surface area (Å²) < 4.78 is 27.2. The molecule has 2 aliphatic carbocycles. The van der Waals surface area contributed by atoms with E-state index in [1.165, 1.54) is 52.6 Å². The first-order chi connectivity index (χ1) is 16.4. The Kier molecular flexibility index (Phi) is 4.31. The van der Waals surface area contributed by atoms with Gasteiger partial charge in [-0.15, -0.1) is 11.8 Å². The van der Waals surface area contributed by atoms with Gasteiger partial charge in [0.1, 0.15) is 11.6 Å². The number of aromatic amines is 1. The Labute approximate surface area is 201 Å². The van der Waals surface area contributed by atoms with E-state index >= 15 is 0 Å². The van der Waals surface area contributed by atoms with Gasteiger partial charge in [-0.2, -0.15) is 0 Å². The maximum absolute atomic E-state index is 13.7. The lowest BCUT2D eigenvalue weighted by Crippen LogP contribution is -2.42. The molecule has 2 aromatic carbocycles. The van der Waals surface area contributed by atoms with E-state index in [-0.39, 0.29) is 51.4 Å². The summed E-state index contributed by atoms with van der Waals surface area (Å²) in [6.07, 6.45) is 0.781. The second kappa shape index (κ2) is 7.11. The highest BCUT2D eigenvalue weighted by atomic mass is 32.2. The van der Waals surface area contributed by atoms with Crippen LogP contribution in [0.2, 0.25) is 0 Å². The minimum absolute atomic E-state index is 0.00592. The Balaban J connectivity index is 1.32. The van der Waals surface area contributed by atoms with Gasteiger partial charge in [0.2, 0.25) is 11.8 Å². The number of hydrogen-bond donors (Lipinski definition) is 1. The van der Waals surface area contributed by atoms with Crippen molar-refractivity contribution < 1.29 is 18.4 Å². The molecule has 5 nitrogen and oxygen atoms in total. The number of imide groups is 1. The number of H-pyrrole nitrogens is 1. The predicted molar refractivity (Wildman–Crippen MR) is 124 cm³/mol. The fourth-order valence-corrected chi connectivity index (χ4v) is 9.79. The average molecular weight is 497 g/mol. The van der Waals surface area contributed by atoms with Crippen molar-refractivity contribution >= 4 is 40.6 Å². The van der Waals surface area contributed by atoms with Gasteiger partial charge in [0.15, 0.2) is 0 Å². The predicted octanol–water partition coefficient (Wildman–Crippen LogP) is 4.39. The van der Waals surface area contributed by atoms with Crippen LogP contribution in [0.4, 0.5) is 14.5 Å². The summed E-state index contributed by atoms with van der Waals surface area (Å²) in [7, 11) is 0. The summed E-state index contributed by atoms with van der Waals surface area (Å²) >= 11 is 2.79. The topological polar surface area (TPSA) is 70.2 Å². The third-order valence-corrected chi connectivity index (χ3v) is 10.6. The van der Waals surface area contributed by atoms with Gasteiger partial charge in [0.25, 0.3) is 0 Å². The summed E-state index contributed by atoms with van der Waals surface area (Å²) in [5.41, 5.74) is 1.32. The zero-order valence-electron chi connectivity index (χ0n) is 17.6. The van der Waals surface area contributed by atoms with Crippen molar-refractivity contribution in [1.82, 2.24) is 4.98 Å². The van der Waals surface area contributed by atoms with E-state index in [1.54, 1.807) is 23.9 Å². The summed E-state index contributed by atoms with van der Waals surface area (Å²) in [6.45, 7) is 0. The second-order valence-electron chi connectivity index (χ2n) is 9.50. The molecule has 172 valence electrons. The molecular formula is C25H18F2N2O3S2. The molecule has 34 heavy (non-hydrogen) atoms. The molecule has 1 aromatic heterocycles. The van der Waals surface area contributed by atoms with Crippen molar-refractivity contribution in [3.8, 4) is 0 Å². The first kappa shape index (κ1) is 20.6. The smallest absolute Gasteiger partial charge is 0.305 e. The molecular weight excluding hydrogens is 478 g/mol. The van der Waals surface area contributed by atoms with E-state index in [1.807, 2.05) is 0 Å². The fourth-order valence-electron chi connectivity index (χ4n) is 6.90. The zero-order valence-corrected chi connectivity index (χ0v) is 19.2. The van der Waals surface area contributed by atoms with Crippen LogP contribution in [-0.4, -0.2) is 22.0 Å². The van der Waals surface area contributed by atoms with Gasteiger partial charge in [0, 0.05) is 16.0 Å². The Hall–Kier alpha value is -2.78. The SMILES string of the molecule is O=C1[C@@H]2[C@H]3C[C@@H]([C@@H]2C(=O)N1c1ccc(F)cc1)[C@@H]1[C@@H](c2ccc(F)cc2)c2sc(=O)[nH]c2S[C@H]31. The first-order valence-electron chi connectivity index (χ1n) is 11.2. The van der Waals surface area contributed by atoms with Crippen molar-refractivity contribution in [1.29, 1.82) is 0 Å². The highest BCUT2D eigenvalue weighted by molar-refractivity contribution is 8.00. The number of halogens is 2. The number of hydrogen-bond acceptors (Lipinski definition) is 5. The third kappa shape index (κ3) is 2.68. The van der Waals surface area contributed by atoms with Gasteiger partial charge in [-0.05, 0) is 66.1 Å².